The molecule has 4 rings (SSSR count). The lowest BCUT2D eigenvalue weighted by Gasteiger charge is -2.27. The molecule has 0 spiro atoms. The Morgan fingerprint density at radius 2 is 1.63 bits per heavy atom. The molecule has 1 aliphatic rings. The maximum atomic E-state index is 13.0. The summed E-state index contributed by atoms with van der Waals surface area (Å²) in [5.74, 6) is -0.979. The monoisotopic (exact) mass is 494 g/mol. The standard InChI is InChI=1S/C26H26N2O6S/c1-16(2)24(26(30)31)28-15-19-5-4-18(14-23(19)25(28)29)17-6-8-20(9-7-17)27-35(32,33)22-12-10-21(34-3)11-13-22/h4-14,16,24,27H,15H2,1-3H3,(H,30,31). The number of hydrogen-bond acceptors (Lipinski definition) is 5. The maximum absolute atomic E-state index is 13.0. The molecular formula is C26H26N2O6S. The molecule has 0 bridgehead atoms. The molecule has 3 aromatic carbocycles. The largest absolute Gasteiger partial charge is 0.497 e. The van der Waals surface area contributed by atoms with E-state index in [0.29, 0.717) is 17.0 Å². The quantitative estimate of drug-likeness (QED) is 0.485. The van der Waals surface area contributed by atoms with E-state index in [4.69, 9.17) is 4.74 Å². The molecule has 0 aliphatic carbocycles. The number of nitrogens with one attached hydrogen (secondary N) is 1. The number of carbonyl (C=O) groups excluding carboxylic acids is 1. The van der Waals surface area contributed by atoms with Crippen molar-refractivity contribution in [1.29, 1.82) is 0 Å². The van der Waals surface area contributed by atoms with E-state index in [1.807, 2.05) is 12.1 Å². The van der Waals surface area contributed by atoms with Crippen LogP contribution in [0.4, 0.5) is 5.69 Å². The number of carboxylic acid groups (broad SMARTS) is 1. The number of carboxylic acids is 1. The fourth-order valence-electron chi connectivity index (χ4n) is 4.21. The van der Waals surface area contributed by atoms with Gasteiger partial charge in [0, 0.05) is 17.8 Å². The number of nitrogens with zero attached hydrogens (tertiary/aromatic N) is 1. The highest BCUT2D eigenvalue weighted by Gasteiger charge is 2.38. The highest BCUT2D eigenvalue weighted by atomic mass is 32.2. The number of carbonyl (C=O) groups is 2. The first-order valence-electron chi connectivity index (χ1n) is 11.0. The van der Waals surface area contributed by atoms with Crippen LogP contribution in [0.3, 0.4) is 0 Å². The summed E-state index contributed by atoms with van der Waals surface area (Å²) in [5, 5.41) is 9.59. The molecule has 35 heavy (non-hydrogen) atoms. The minimum Gasteiger partial charge on any atom is -0.497 e. The number of fused-ring (bicyclic) bond motifs is 1. The van der Waals surface area contributed by atoms with Crippen LogP contribution in [0.2, 0.25) is 0 Å². The van der Waals surface area contributed by atoms with E-state index < -0.39 is 22.0 Å². The third kappa shape index (κ3) is 4.85. The Kier molecular flexibility index (Phi) is 6.53. The number of sulfonamides is 1. The fourth-order valence-corrected chi connectivity index (χ4v) is 5.26. The Bertz CT molecular complexity index is 1370. The molecule has 0 aromatic heterocycles. The summed E-state index contributed by atoms with van der Waals surface area (Å²) in [7, 11) is -2.25. The van der Waals surface area contributed by atoms with Gasteiger partial charge in [0.05, 0.1) is 12.0 Å². The molecule has 1 amide bonds. The van der Waals surface area contributed by atoms with E-state index in [1.165, 1.54) is 24.1 Å². The zero-order chi connectivity index (χ0) is 25.3. The van der Waals surface area contributed by atoms with Gasteiger partial charge in [0.15, 0.2) is 0 Å². The molecule has 3 aromatic rings. The molecule has 9 heteroatoms. The number of amides is 1. The fraction of sp³-hybridized carbons (Fsp3) is 0.231. The van der Waals surface area contributed by atoms with Crippen molar-refractivity contribution in [3.8, 4) is 16.9 Å². The highest BCUT2D eigenvalue weighted by molar-refractivity contribution is 7.92. The summed E-state index contributed by atoms with van der Waals surface area (Å²) in [6, 6.07) is 17.5. The number of benzene rings is 3. The third-order valence-corrected chi connectivity index (χ3v) is 7.40. The van der Waals surface area contributed by atoms with Crippen molar-refractivity contribution in [3.05, 3.63) is 77.9 Å². The van der Waals surface area contributed by atoms with Gasteiger partial charge in [0.1, 0.15) is 11.8 Å². The number of methoxy groups -OCH3 is 1. The van der Waals surface area contributed by atoms with E-state index in [1.54, 1.807) is 56.3 Å². The first kappa shape index (κ1) is 24.3. The Morgan fingerprint density at radius 3 is 2.20 bits per heavy atom. The van der Waals surface area contributed by atoms with Crippen LogP contribution in [0.1, 0.15) is 29.8 Å². The van der Waals surface area contributed by atoms with Crippen LogP contribution in [-0.2, 0) is 21.4 Å². The number of hydrogen-bond donors (Lipinski definition) is 2. The zero-order valence-corrected chi connectivity index (χ0v) is 20.4. The second-order valence-electron chi connectivity index (χ2n) is 8.69. The van der Waals surface area contributed by atoms with Crippen molar-refractivity contribution >= 4 is 27.6 Å². The molecule has 1 atom stereocenters. The molecule has 0 saturated heterocycles. The first-order chi connectivity index (χ1) is 16.6. The van der Waals surface area contributed by atoms with Crippen LogP contribution in [0.15, 0.2) is 71.6 Å². The Morgan fingerprint density at radius 1 is 1.00 bits per heavy atom. The van der Waals surface area contributed by atoms with Crippen LogP contribution >= 0.6 is 0 Å². The van der Waals surface area contributed by atoms with Gasteiger partial charge in [-0.05, 0) is 65.1 Å². The topological polar surface area (TPSA) is 113 Å². The van der Waals surface area contributed by atoms with Gasteiger partial charge in [0.25, 0.3) is 15.9 Å². The molecule has 0 saturated carbocycles. The van der Waals surface area contributed by atoms with Crippen molar-refractivity contribution < 1.29 is 27.9 Å². The summed E-state index contributed by atoms with van der Waals surface area (Å²) in [5.41, 5.74) is 3.24. The third-order valence-electron chi connectivity index (χ3n) is 6.00. The summed E-state index contributed by atoms with van der Waals surface area (Å²) < 4.78 is 32.9. The van der Waals surface area contributed by atoms with E-state index in [0.717, 1.165) is 16.7 Å². The number of rotatable bonds is 8. The zero-order valence-electron chi connectivity index (χ0n) is 19.6. The lowest BCUT2D eigenvalue weighted by molar-refractivity contribution is -0.144. The summed E-state index contributed by atoms with van der Waals surface area (Å²) in [4.78, 5) is 26.2. The molecule has 0 radical (unpaired) electrons. The summed E-state index contributed by atoms with van der Waals surface area (Å²) in [6.45, 7) is 3.82. The van der Waals surface area contributed by atoms with Gasteiger partial charge in [-0.15, -0.1) is 0 Å². The smallest absolute Gasteiger partial charge is 0.326 e. The highest BCUT2D eigenvalue weighted by Crippen LogP contribution is 2.32. The normalized spacial score (nSPS) is 14.1. The van der Waals surface area contributed by atoms with E-state index in [-0.39, 0.29) is 23.3 Å². The van der Waals surface area contributed by atoms with Crippen molar-refractivity contribution in [3.63, 3.8) is 0 Å². The van der Waals surface area contributed by atoms with Crippen molar-refractivity contribution in [2.24, 2.45) is 5.92 Å². The van der Waals surface area contributed by atoms with Crippen LogP contribution in [-0.4, -0.2) is 43.5 Å². The number of aliphatic carboxylic acids is 1. The lowest BCUT2D eigenvalue weighted by Crippen LogP contribution is -2.44. The second-order valence-corrected chi connectivity index (χ2v) is 10.4. The Balaban J connectivity index is 1.53. The molecular weight excluding hydrogens is 468 g/mol. The predicted molar refractivity (Wildman–Crippen MR) is 132 cm³/mol. The van der Waals surface area contributed by atoms with Gasteiger partial charge in [-0.3, -0.25) is 9.52 Å². The molecule has 1 unspecified atom stereocenters. The minimum absolute atomic E-state index is 0.116. The lowest BCUT2D eigenvalue weighted by atomic mass is 10.0. The van der Waals surface area contributed by atoms with Crippen LogP contribution < -0.4 is 9.46 Å². The van der Waals surface area contributed by atoms with Gasteiger partial charge < -0.3 is 14.7 Å². The van der Waals surface area contributed by atoms with Gasteiger partial charge >= 0.3 is 5.97 Å². The van der Waals surface area contributed by atoms with Crippen molar-refractivity contribution in [2.75, 3.05) is 11.8 Å². The molecule has 2 N–H and O–H groups in total. The average molecular weight is 495 g/mol. The molecule has 1 heterocycles. The van der Waals surface area contributed by atoms with E-state index >= 15 is 0 Å². The van der Waals surface area contributed by atoms with Gasteiger partial charge in [-0.2, -0.15) is 0 Å². The van der Waals surface area contributed by atoms with Gasteiger partial charge in [0.2, 0.25) is 0 Å². The van der Waals surface area contributed by atoms with Crippen LogP contribution in [0.25, 0.3) is 11.1 Å². The Labute approximate surface area is 204 Å². The molecule has 8 nitrogen and oxygen atoms in total. The second kappa shape index (κ2) is 9.42. The predicted octanol–water partition coefficient (Wildman–Crippen LogP) is 4.23. The summed E-state index contributed by atoms with van der Waals surface area (Å²) in [6.07, 6.45) is 0. The maximum Gasteiger partial charge on any atom is 0.326 e. The molecule has 1 aliphatic heterocycles. The average Bonchev–Trinajstić information content (AvgIpc) is 3.14. The van der Waals surface area contributed by atoms with Crippen LogP contribution in [0, 0.1) is 5.92 Å². The number of anilines is 1. The van der Waals surface area contributed by atoms with Crippen molar-refractivity contribution in [2.45, 2.75) is 31.3 Å². The van der Waals surface area contributed by atoms with E-state index in [9.17, 15) is 23.1 Å². The minimum atomic E-state index is -3.76. The van der Waals surface area contributed by atoms with Crippen molar-refractivity contribution in [1.82, 2.24) is 4.90 Å². The SMILES string of the molecule is COc1ccc(S(=O)(=O)Nc2ccc(-c3ccc4c(c3)C(=O)N(C(C(=O)O)C(C)C)C4)cc2)cc1. The first-order valence-corrected chi connectivity index (χ1v) is 12.5. The number of ether oxygens (including phenoxy) is 1. The molecule has 0 fully saturated rings. The van der Waals surface area contributed by atoms with Gasteiger partial charge in [-0.1, -0.05) is 38.1 Å². The van der Waals surface area contributed by atoms with Crippen LogP contribution in [0.5, 0.6) is 5.75 Å². The summed E-state index contributed by atoms with van der Waals surface area (Å²) >= 11 is 0. The van der Waals surface area contributed by atoms with Gasteiger partial charge in [-0.25, -0.2) is 13.2 Å². The Hall–Kier alpha value is -3.85. The molecule has 182 valence electrons. The van der Waals surface area contributed by atoms with E-state index in [2.05, 4.69) is 4.72 Å².